The fourth-order valence-electron chi connectivity index (χ4n) is 3.20. The Morgan fingerprint density at radius 1 is 0.971 bits per heavy atom. The monoisotopic (exact) mass is 628 g/mol. The van der Waals surface area contributed by atoms with Crippen LogP contribution in [-0.4, -0.2) is 30.3 Å². The van der Waals surface area contributed by atoms with Crippen molar-refractivity contribution in [2.24, 2.45) is 0 Å². The molecule has 2 aromatic carbocycles. The van der Waals surface area contributed by atoms with Crippen molar-refractivity contribution in [3.05, 3.63) is 73.7 Å². The van der Waals surface area contributed by atoms with Gasteiger partial charge in [0.15, 0.2) is 0 Å². The van der Waals surface area contributed by atoms with E-state index in [0.717, 1.165) is 6.08 Å². The second kappa shape index (κ2) is 11.6. The predicted molar refractivity (Wildman–Crippen MR) is 127 cm³/mol. The van der Waals surface area contributed by atoms with E-state index in [9.17, 15) is 35.9 Å². The second-order valence-corrected chi connectivity index (χ2v) is 9.54. The summed E-state index contributed by atoms with van der Waals surface area (Å²) < 4.78 is 78.9. The number of alkyl halides is 6. The minimum atomic E-state index is -4.67. The number of benzene rings is 2. The fraction of sp³-hybridized carbons (Fsp3) is 0.304. The summed E-state index contributed by atoms with van der Waals surface area (Å²) in [6, 6.07) is 8.70. The Morgan fingerprint density at radius 3 is 2.09 bits per heavy atom. The molecular formula is C23H20Br2F6N2O2. The van der Waals surface area contributed by atoms with Crippen LogP contribution in [0.3, 0.4) is 0 Å². The van der Waals surface area contributed by atoms with E-state index in [2.05, 4.69) is 37.2 Å². The highest BCUT2D eigenvalue weighted by Crippen LogP contribution is 2.38. The van der Waals surface area contributed by atoms with Crippen LogP contribution in [0.25, 0.3) is 6.08 Å². The van der Waals surface area contributed by atoms with Gasteiger partial charge in [0.05, 0.1) is 12.1 Å². The van der Waals surface area contributed by atoms with Crippen LogP contribution >= 0.6 is 31.9 Å². The summed E-state index contributed by atoms with van der Waals surface area (Å²) >= 11 is 6.37. The maximum absolute atomic E-state index is 13.7. The lowest BCUT2D eigenvalue weighted by Gasteiger charge is -2.18. The number of rotatable bonds is 7. The Hall–Kier alpha value is -2.34. The first-order valence-corrected chi connectivity index (χ1v) is 11.6. The maximum atomic E-state index is 13.7. The number of nitrogens with one attached hydrogen (secondary N) is 2. The SMILES string of the molecule is Cc1cc(C=CC(c2cc(Br)cc(Br)c2)C(F)(F)F)ccc1C(=O)N[C@H](C)NC(=O)CC(F)(F)F. The maximum Gasteiger partial charge on any atom is 0.399 e. The van der Waals surface area contributed by atoms with Gasteiger partial charge in [0.2, 0.25) is 5.91 Å². The summed E-state index contributed by atoms with van der Waals surface area (Å²) in [5.41, 5.74) is 1.02. The molecule has 0 aromatic heterocycles. The predicted octanol–water partition coefficient (Wildman–Crippen LogP) is 7.02. The van der Waals surface area contributed by atoms with Crippen molar-refractivity contribution >= 4 is 49.8 Å². The Bertz CT molecular complexity index is 1100. The second-order valence-electron chi connectivity index (χ2n) is 7.71. The lowest BCUT2D eigenvalue weighted by molar-refractivity contribution is -0.154. The molecule has 190 valence electrons. The summed E-state index contributed by atoms with van der Waals surface area (Å²) in [7, 11) is 0. The summed E-state index contributed by atoms with van der Waals surface area (Å²) in [6.45, 7) is 2.86. The first-order chi connectivity index (χ1) is 16.0. The van der Waals surface area contributed by atoms with Gasteiger partial charge in [-0.25, -0.2) is 0 Å². The Kier molecular flexibility index (Phi) is 9.57. The van der Waals surface area contributed by atoms with E-state index >= 15 is 0 Å². The highest BCUT2D eigenvalue weighted by atomic mass is 79.9. The van der Waals surface area contributed by atoms with Gasteiger partial charge in [-0.1, -0.05) is 56.1 Å². The molecule has 0 saturated heterocycles. The third-order valence-corrected chi connectivity index (χ3v) is 5.57. The van der Waals surface area contributed by atoms with E-state index < -0.39 is 42.7 Å². The molecule has 0 saturated carbocycles. The zero-order chi connectivity index (χ0) is 26.6. The molecule has 4 nitrogen and oxygen atoms in total. The Balaban J connectivity index is 2.15. The molecule has 2 atom stereocenters. The zero-order valence-electron chi connectivity index (χ0n) is 18.3. The average molecular weight is 630 g/mol. The molecule has 0 aliphatic rings. The van der Waals surface area contributed by atoms with Crippen molar-refractivity contribution in [1.29, 1.82) is 0 Å². The standard InChI is InChI=1S/C23H20Br2F6N2O2/c1-12-7-14(4-6-19(23(29,30)31)15-8-16(24)10-17(25)9-15)3-5-18(12)21(35)33-13(2)32-20(34)11-22(26,27)28/h3-10,13,19H,11H2,1-2H3,(H,32,34)(H,33,35)/t13-,19?/m1/s1. The number of hydrogen-bond donors (Lipinski definition) is 2. The third kappa shape index (κ3) is 9.32. The van der Waals surface area contributed by atoms with E-state index in [1.165, 1.54) is 43.3 Å². The van der Waals surface area contributed by atoms with Crippen LogP contribution in [0.1, 0.15) is 46.3 Å². The topological polar surface area (TPSA) is 58.2 Å². The van der Waals surface area contributed by atoms with Gasteiger partial charge in [-0.05, 0) is 54.8 Å². The van der Waals surface area contributed by atoms with Gasteiger partial charge in [0, 0.05) is 14.5 Å². The number of amides is 2. The van der Waals surface area contributed by atoms with Crippen LogP contribution in [0, 0.1) is 6.92 Å². The Labute approximate surface area is 214 Å². The number of carbonyl (C=O) groups excluding carboxylic acids is 2. The van der Waals surface area contributed by atoms with E-state index in [-0.39, 0.29) is 11.1 Å². The molecule has 1 unspecified atom stereocenters. The minimum Gasteiger partial charge on any atom is -0.336 e. The van der Waals surface area contributed by atoms with Gasteiger partial charge >= 0.3 is 12.4 Å². The molecule has 0 spiro atoms. The average Bonchev–Trinajstić information content (AvgIpc) is 2.64. The third-order valence-electron chi connectivity index (χ3n) is 4.66. The van der Waals surface area contributed by atoms with Crippen molar-refractivity contribution in [3.8, 4) is 0 Å². The van der Waals surface area contributed by atoms with Gasteiger partial charge in [0.1, 0.15) is 6.42 Å². The summed E-state index contributed by atoms with van der Waals surface area (Å²) in [6.07, 6.45) is -9.66. The van der Waals surface area contributed by atoms with Crippen LogP contribution in [0.15, 0.2) is 51.4 Å². The normalized spacial score (nSPS) is 14.0. The first kappa shape index (κ1) is 28.9. The summed E-state index contributed by atoms with van der Waals surface area (Å²) in [4.78, 5) is 23.8. The van der Waals surface area contributed by atoms with Crippen molar-refractivity contribution in [3.63, 3.8) is 0 Å². The lowest BCUT2D eigenvalue weighted by atomic mass is 9.96. The lowest BCUT2D eigenvalue weighted by Crippen LogP contribution is -2.46. The molecule has 0 fully saturated rings. The van der Waals surface area contributed by atoms with Crippen LogP contribution in [-0.2, 0) is 4.79 Å². The highest BCUT2D eigenvalue weighted by molar-refractivity contribution is 9.11. The molecule has 0 radical (unpaired) electrons. The number of aryl methyl sites for hydroxylation is 1. The molecule has 0 aliphatic heterocycles. The molecule has 0 bridgehead atoms. The molecule has 2 amide bonds. The van der Waals surface area contributed by atoms with Crippen LogP contribution in [0.4, 0.5) is 26.3 Å². The quantitative estimate of drug-likeness (QED) is 0.255. The largest absolute Gasteiger partial charge is 0.399 e. The summed E-state index contributed by atoms with van der Waals surface area (Å²) in [5, 5.41) is 4.38. The Morgan fingerprint density at radius 2 is 1.57 bits per heavy atom. The number of hydrogen-bond acceptors (Lipinski definition) is 2. The van der Waals surface area contributed by atoms with Crippen LogP contribution in [0.2, 0.25) is 0 Å². The highest BCUT2D eigenvalue weighted by Gasteiger charge is 2.39. The molecule has 0 aliphatic carbocycles. The van der Waals surface area contributed by atoms with Crippen molar-refractivity contribution < 1.29 is 35.9 Å². The molecule has 0 heterocycles. The van der Waals surface area contributed by atoms with E-state index in [4.69, 9.17) is 0 Å². The number of carbonyl (C=O) groups is 2. The van der Waals surface area contributed by atoms with Gasteiger partial charge in [0.25, 0.3) is 5.91 Å². The van der Waals surface area contributed by atoms with Crippen molar-refractivity contribution in [2.45, 2.75) is 44.7 Å². The number of halogens is 8. The molecule has 35 heavy (non-hydrogen) atoms. The smallest absolute Gasteiger partial charge is 0.336 e. The first-order valence-electron chi connectivity index (χ1n) is 10.0. The van der Waals surface area contributed by atoms with Gasteiger partial charge in [-0.2, -0.15) is 26.3 Å². The van der Waals surface area contributed by atoms with E-state index in [1.807, 2.05) is 5.32 Å². The number of allylic oxidation sites excluding steroid dienone is 1. The molecule has 12 heteroatoms. The minimum absolute atomic E-state index is 0.0317. The molecule has 2 N–H and O–H groups in total. The zero-order valence-corrected chi connectivity index (χ0v) is 21.5. The van der Waals surface area contributed by atoms with E-state index in [0.29, 0.717) is 20.1 Å². The van der Waals surface area contributed by atoms with Crippen molar-refractivity contribution in [1.82, 2.24) is 10.6 Å². The van der Waals surface area contributed by atoms with Gasteiger partial charge in [-0.3, -0.25) is 9.59 Å². The summed E-state index contributed by atoms with van der Waals surface area (Å²) in [5.74, 6) is -3.83. The van der Waals surface area contributed by atoms with Gasteiger partial charge < -0.3 is 10.6 Å². The molecule has 2 rings (SSSR count). The molecular weight excluding hydrogens is 610 g/mol. The van der Waals surface area contributed by atoms with Gasteiger partial charge in [-0.15, -0.1) is 0 Å². The molecule has 2 aromatic rings. The fourth-order valence-corrected chi connectivity index (χ4v) is 4.53. The van der Waals surface area contributed by atoms with Crippen molar-refractivity contribution in [2.75, 3.05) is 0 Å². The van der Waals surface area contributed by atoms with E-state index in [1.54, 1.807) is 13.0 Å². The van der Waals surface area contributed by atoms with Crippen LogP contribution < -0.4 is 10.6 Å². The van der Waals surface area contributed by atoms with Crippen LogP contribution in [0.5, 0.6) is 0 Å².